The molecule has 0 amide bonds. The average Bonchev–Trinajstić information content (AvgIpc) is 3.34. The maximum absolute atomic E-state index is 13.8. The van der Waals surface area contributed by atoms with Gasteiger partial charge in [0.05, 0.1) is 22.7 Å². The molecule has 8 nitrogen and oxygen atoms in total. The monoisotopic (exact) mass is 575 g/mol. The molecule has 0 atom stereocenters. The van der Waals surface area contributed by atoms with Crippen LogP contribution in [0.1, 0.15) is 30.4 Å². The number of aliphatic carboxylic acids is 1. The Balaban J connectivity index is 0.000000517. The molecular weight excluding hydrogens is 547 g/mol. The Morgan fingerprint density at radius 3 is 2.24 bits per heavy atom. The second-order valence-electron chi connectivity index (χ2n) is 9.55. The molecule has 0 saturated carbocycles. The predicted octanol–water partition coefficient (Wildman–Crippen LogP) is 5.70. The van der Waals surface area contributed by atoms with Gasteiger partial charge in [0.2, 0.25) is 0 Å². The zero-order valence-electron chi connectivity index (χ0n) is 22.5. The van der Waals surface area contributed by atoms with Crippen LogP contribution in [-0.4, -0.2) is 37.9 Å². The van der Waals surface area contributed by atoms with E-state index in [4.69, 9.17) is 25.9 Å². The summed E-state index contributed by atoms with van der Waals surface area (Å²) in [5.41, 5.74) is 11.3. The first-order chi connectivity index (χ1) is 20.1. The van der Waals surface area contributed by atoms with Crippen molar-refractivity contribution in [3.63, 3.8) is 0 Å². The highest BCUT2D eigenvalue weighted by Gasteiger charge is 2.38. The van der Waals surface area contributed by atoms with Crippen molar-refractivity contribution in [1.82, 2.24) is 14.1 Å². The van der Waals surface area contributed by atoms with Gasteiger partial charge in [-0.2, -0.15) is 18.4 Å². The third-order valence-electron chi connectivity index (χ3n) is 6.66. The van der Waals surface area contributed by atoms with Crippen LogP contribution in [0.15, 0.2) is 83.8 Å². The molecule has 216 valence electrons. The number of nitrogens with zero attached hydrogens (tertiary/aromatic N) is 4. The SMILES string of the molecule is N#Cc1ccc(Cn2cc(-c3nc4ccccc4n(CCCCCN)c3=O)c3ccccc32)cc1.O=C(O)C(F)(F)F. The van der Waals surface area contributed by atoms with Crippen LogP contribution in [0.25, 0.3) is 33.2 Å². The second-order valence-corrected chi connectivity index (χ2v) is 9.55. The molecule has 3 aromatic carbocycles. The molecule has 3 N–H and O–H groups in total. The van der Waals surface area contributed by atoms with E-state index < -0.39 is 12.1 Å². The minimum Gasteiger partial charge on any atom is -0.475 e. The molecule has 0 unspecified atom stereocenters. The van der Waals surface area contributed by atoms with Crippen LogP contribution in [0.2, 0.25) is 0 Å². The summed E-state index contributed by atoms with van der Waals surface area (Å²) in [7, 11) is 0. The molecule has 0 aliphatic heterocycles. The molecule has 0 fully saturated rings. The molecule has 0 radical (unpaired) electrons. The van der Waals surface area contributed by atoms with Gasteiger partial charge >= 0.3 is 12.1 Å². The molecule has 0 aliphatic carbocycles. The van der Waals surface area contributed by atoms with Crippen molar-refractivity contribution in [3.05, 3.63) is 100 Å². The van der Waals surface area contributed by atoms with Gasteiger partial charge in [-0.1, -0.05) is 48.9 Å². The number of aromatic nitrogens is 3. The van der Waals surface area contributed by atoms with Gasteiger partial charge in [-0.3, -0.25) is 4.79 Å². The number of carboxylic acid groups (broad SMARTS) is 1. The maximum atomic E-state index is 13.8. The smallest absolute Gasteiger partial charge is 0.475 e. The highest BCUT2D eigenvalue weighted by molar-refractivity contribution is 5.96. The lowest BCUT2D eigenvalue weighted by molar-refractivity contribution is -0.192. The number of hydrogen-bond donors (Lipinski definition) is 2. The van der Waals surface area contributed by atoms with E-state index in [1.54, 1.807) is 0 Å². The number of fused-ring (bicyclic) bond motifs is 2. The first kappa shape index (κ1) is 30.0. The molecule has 0 saturated heterocycles. The van der Waals surface area contributed by atoms with Crippen molar-refractivity contribution in [3.8, 4) is 17.3 Å². The minimum absolute atomic E-state index is 0.0716. The first-order valence-electron chi connectivity index (χ1n) is 13.2. The summed E-state index contributed by atoms with van der Waals surface area (Å²) in [5, 5.41) is 17.2. The Morgan fingerprint density at radius 1 is 0.952 bits per heavy atom. The highest BCUT2D eigenvalue weighted by atomic mass is 19.4. The average molecular weight is 576 g/mol. The van der Waals surface area contributed by atoms with E-state index in [-0.39, 0.29) is 5.56 Å². The standard InChI is InChI=1S/C29H27N5O.C2HF3O2/c30-16-6-1-7-17-34-27-11-5-3-9-25(27)32-28(29(34)35)24-20-33(26-10-4-2-8-23(24)26)19-22-14-12-21(18-31)13-15-22;3-2(4,5)1(6)7/h2-5,8-15,20H,1,6-7,16-17,19,30H2;(H,6,7). The van der Waals surface area contributed by atoms with E-state index in [1.165, 1.54) is 0 Å². The lowest BCUT2D eigenvalue weighted by Gasteiger charge is -2.12. The van der Waals surface area contributed by atoms with Gasteiger partial charge in [0.1, 0.15) is 5.69 Å². The summed E-state index contributed by atoms with van der Waals surface area (Å²) in [6.45, 7) is 1.93. The number of hydrogen-bond acceptors (Lipinski definition) is 5. The number of para-hydroxylation sites is 3. The summed E-state index contributed by atoms with van der Waals surface area (Å²) in [5.74, 6) is -2.76. The van der Waals surface area contributed by atoms with E-state index in [0.29, 0.717) is 30.9 Å². The van der Waals surface area contributed by atoms with Crippen LogP contribution in [0.4, 0.5) is 13.2 Å². The van der Waals surface area contributed by atoms with E-state index >= 15 is 0 Å². The number of nitrogens with two attached hydrogens (primary N) is 1. The quantitative estimate of drug-likeness (QED) is 0.229. The van der Waals surface area contributed by atoms with E-state index in [1.807, 2.05) is 77.5 Å². The third-order valence-corrected chi connectivity index (χ3v) is 6.66. The summed E-state index contributed by atoms with van der Waals surface area (Å²) in [6, 6.07) is 25.7. The second kappa shape index (κ2) is 13.1. The van der Waals surface area contributed by atoms with Gasteiger partial charge in [-0.15, -0.1) is 0 Å². The number of carboxylic acids is 1. The summed E-state index contributed by atoms with van der Waals surface area (Å²) in [6.07, 6.45) is -0.225. The first-order valence-corrected chi connectivity index (χ1v) is 13.2. The van der Waals surface area contributed by atoms with Crippen molar-refractivity contribution >= 4 is 27.9 Å². The number of rotatable bonds is 8. The van der Waals surface area contributed by atoms with Crippen LogP contribution in [0, 0.1) is 11.3 Å². The number of aryl methyl sites for hydroxylation is 1. The molecule has 5 rings (SSSR count). The van der Waals surface area contributed by atoms with Crippen LogP contribution in [0.5, 0.6) is 0 Å². The van der Waals surface area contributed by atoms with Crippen molar-refractivity contribution in [2.45, 2.75) is 38.5 Å². The zero-order valence-corrected chi connectivity index (χ0v) is 22.5. The fourth-order valence-electron chi connectivity index (χ4n) is 4.63. The van der Waals surface area contributed by atoms with Crippen LogP contribution in [-0.2, 0) is 17.9 Å². The number of halogens is 3. The molecule has 42 heavy (non-hydrogen) atoms. The fourth-order valence-corrected chi connectivity index (χ4v) is 4.63. The zero-order chi connectivity index (χ0) is 30.3. The lowest BCUT2D eigenvalue weighted by atomic mass is 10.1. The molecule has 0 bridgehead atoms. The summed E-state index contributed by atoms with van der Waals surface area (Å²) < 4.78 is 35.7. The van der Waals surface area contributed by atoms with Gasteiger partial charge in [0, 0.05) is 35.8 Å². The van der Waals surface area contributed by atoms with Gasteiger partial charge < -0.3 is 20.0 Å². The number of nitriles is 1. The van der Waals surface area contributed by atoms with Crippen molar-refractivity contribution < 1.29 is 23.1 Å². The number of unbranched alkanes of at least 4 members (excludes halogenated alkanes) is 2. The van der Waals surface area contributed by atoms with Crippen LogP contribution < -0.4 is 11.3 Å². The molecule has 0 spiro atoms. The van der Waals surface area contributed by atoms with Crippen molar-refractivity contribution in [1.29, 1.82) is 5.26 Å². The van der Waals surface area contributed by atoms with Crippen LogP contribution >= 0.6 is 0 Å². The van der Waals surface area contributed by atoms with E-state index in [2.05, 4.69) is 16.7 Å². The summed E-state index contributed by atoms with van der Waals surface area (Å²) >= 11 is 0. The molecule has 0 aliphatic rings. The number of benzene rings is 3. The predicted molar refractivity (Wildman–Crippen MR) is 154 cm³/mol. The van der Waals surface area contributed by atoms with Crippen LogP contribution in [0.3, 0.4) is 0 Å². The fraction of sp³-hybridized carbons (Fsp3) is 0.226. The van der Waals surface area contributed by atoms with Crippen molar-refractivity contribution in [2.75, 3.05) is 6.54 Å². The van der Waals surface area contributed by atoms with Gasteiger partial charge in [0.25, 0.3) is 5.56 Å². The number of carbonyl (C=O) groups is 1. The Kier molecular flexibility index (Phi) is 9.39. The third kappa shape index (κ3) is 6.85. The molecule has 2 aromatic heterocycles. The number of alkyl halides is 3. The van der Waals surface area contributed by atoms with Gasteiger partial charge in [-0.05, 0) is 55.3 Å². The summed E-state index contributed by atoms with van der Waals surface area (Å²) in [4.78, 5) is 27.5. The van der Waals surface area contributed by atoms with Gasteiger partial charge in [0.15, 0.2) is 0 Å². The minimum atomic E-state index is -5.08. The maximum Gasteiger partial charge on any atom is 0.490 e. The molecule has 2 heterocycles. The Hall–Kier alpha value is -4.95. The molecule has 5 aromatic rings. The Bertz CT molecular complexity index is 1800. The van der Waals surface area contributed by atoms with Gasteiger partial charge in [-0.25, -0.2) is 9.78 Å². The highest BCUT2D eigenvalue weighted by Crippen LogP contribution is 2.29. The Labute approximate surface area is 239 Å². The Morgan fingerprint density at radius 2 is 1.60 bits per heavy atom. The van der Waals surface area contributed by atoms with Crippen molar-refractivity contribution in [2.24, 2.45) is 5.73 Å². The van der Waals surface area contributed by atoms with E-state index in [9.17, 15) is 18.0 Å². The largest absolute Gasteiger partial charge is 0.490 e. The normalized spacial score (nSPS) is 11.2. The topological polar surface area (TPSA) is 127 Å². The molecular formula is C31H28F3N5O3. The van der Waals surface area contributed by atoms with E-state index in [0.717, 1.165) is 52.3 Å². The lowest BCUT2D eigenvalue weighted by Crippen LogP contribution is -2.24. The molecule has 11 heteroatoms.